The first-order valence-corrected chi connectivity index (χ1v) is 24.7. The van der Waals surface area contributed by atoms with Crippen LogP contribution in [0.1, 0.15) is 25.0 Å². The van der Waals surface area contributed by atoms with Crippen molar-refractivity contribution in [3.05, 3.63) is 211 Å². The van der Waals surface area contributed by atoms with E-state index >= 15 is 0 Å². The SMILES string of the molecule is CC1(C)c2ccccc2-c2cc3c4ccccc4n(-c4cccc(-c5nc(-c6ccccc6)nc6[c]5[Ge]([c]5ccccc5)([c]5ccccc5)[c]5ccccc5-6)c4)c3cc21. The number of para-hydroxylation sites is 1. The van der Waals surface area contributed by atoms with Gasteiger partial charge in [0.05, 0.1) is 0 Å². The second kappa shape index (κ2) is 12.8. The molecule has 12 rings (SSSR count). The van der Waals surface area contributed by atoms with Crippen LogP contribution in [-0.4, -0.2) is 27.8 Å². The van der Waals surface area contributed by atoms with Gasteiger partial charge >= 0.3 is 336 Å². The van der Waals surface area contributed by atoms with Gasteiger partial charge in [0.2, 0.25) is 0 Å². The Bertz CT molecular complexity index is 3250. The molecular weight excluding hydrogens is 775 g/mol. The number of benzene rings is 8. The molecule has 0 saturated carbocycles. The Kier molecular flexibility index (Phi) is 7.45. The first kappa shape index (κ1) is 34.2. The fourth-order valence-corrected chi connectivity index (χ4v) is 21.5. The Balaban J connectivity index is 1.17. The van der Waals surface area contributed by atoms with Crippen LogP contribution in [0.25, 0.3) is 72.5 Å². The van der Waals surface area contributed by atoms with Crippen molar-refractivity contribution in [1.82, 2.24) is 14.5 Å². The van der Waals surface area contributed by atoms with Crippen molar-refractivity contribution >= 4 is 52.7 Å². The van der Waals surface area contributed by atoms with Crippen molar-refractivity contribution in [1.29, 1.82) is 0 Å². The first-order chi connectivity index (χ1) is 29.0. The molecule has 0 spiro atoms. The number of hydrogen-bond donors (Lipinski definition) is 0. The molecule has 0 unspecified atom stereocenters. The van der Waals surface area contributed by atoms with E-state index in [2.05, 4.69) is 219 Å². The summed E-state index contributed by atoms with van der Waals surface area (Å²) in [6.07, 6.45) is 0. The van der Waals surface area contributed by atoms with Crippen molar-refractivity contribution < 1.29 is 0 Å². The van der Waals surface area contributed by atoms with E-state index in [0.29, 0.717) is 0 Å². The number of hydrogen-bond acceptors (Lipinski definition) is 2. The molecule has 0 saturated heterocycles. The van der Waals surface area contributed by atoms with Crippen molar-refractivity contribution in [2.45, 2.75) is 19.3 Å². The van der Waals surface area contributed by atoms with Gasteiger partial charge in [0.25, 0.3) is 0 Å². The Hall–Kier alpha value is -6.82. The van der Waals surface area contributed by atoms with Crippen LogP contribution < -0.4 is 17.6 Å². The number of aromatic nitrogens is 3. The summed E-state index contributed by atoms with van der Waals surface area (Å²) in [5.74, 6) is 0.744. The van der Waals surface area contributed by atoms with Crippen LogP contribution in [0.5, 0.6) is 0 Å². The molecule has 3 nitrogen and oxygen atoms in total. The van der Waals surface area contributed by atoms with Crippen molar-refractivity contribution in [3.8, 4) is 50.7 Å². The van der Waals surface area contributed by atoms with Gasteiger partial charge in [0, 0.05) is 0 Å². The van der Waals surface area contributed by atoms with Gasteiger partial charge in [-0.25, -0.2) is 0 Å². The van der Waals surface area contributed by atoms with Crippen LogP contribution in [0.3, 0.4) is 0 Å². The minimum absolute atomic E-state index is 0.113. The zero-order chi connectivity index (χ0) is 39.3. The van der Waals surface area contributed by atoms with Gasteiger partial charge in [-0.1, -0.05) is 12.1 Å². The van der Waals surface area contributed by atoms with Crippen LogP contribution in [0.15, 0.2) is 200 Å². The van der Waals surface area contributed by atoms with Gasteiger partial charge in [-0.2, -0.15) is 0 Å². The second-order valence-electron chi connectivity index (χ2n) is 16.5. The molecular formula is C55H39GeN3. The van der Waals surface area contributed by atoms with Crippen LogP contribution in [0.2, 0.25) is 0 Å². The third-order valence-corrected chi connectivity index (χ3v) is 23.3. The fraction of sp³-hybridized carbons (Fsp3) is 0.0545. The zero-order valence-corrected chi connectivity index (χ0v) is 35.0. The summed E-state index contributed by atoms with van der Waals surface area (Å²) in [6, 6.07) is 73.8. The molecule has 0 radical (unpaired) electrons. The van der Waals surface area contributed by atoms with Crippen LogP contribution in [-0.2, 0) is 5.41 Å². The monoisotopic (exact) mass is 815 g/mol. The van der Waals surface area contributed by atoms with Gasteiger partial charge in [0.1, 0.15) is 0 Å². The van der Waals surface area contributed by atoms with E-state index < -0.39 is 13.3 Å². The molecule has 59 heavy (non-hydrogen) atoms. The predicted molar refractivity (Wildman–Crippen MR) is 247 cm³/mol. The topological polar surface area (TPSA) is 30.7 Å². The molecule has 2 aromatic heterocycles. The van der Waals surface area contributed by atoms with Crippen LogP contribution >= 0.6 is 0 Å². The predicted octanol–water partition coefficient (Wildman–Crippen LogP) is 10.6. The van der Waals surface area contributed by atoms with E-state index in [1.165, 1.54) is 67.2 Å². The molecule has 0 atom stereocenters. The van der Waals surface area contributed by atoms with Gasteiger partial charge < -0.3 is 0 Å². The molecule has 8 aromatic carbocycles. The van der Waals surface area contributed by atoms with Crippen molar-refractivity contribution in [2.24, 2.45) is 0 Å². The van der Waals surface area contributed by atoms with Crippen LogP contribution in [0, 0.1) is 0 Å². The van der Waals surface area contributed by atoms with Gasteiger partial charge in [-0.15, -0.1) is 0 Å². The molecule has 0 N–H and O–H groups in total. The molecule has 4 heteroatoms. The summed E-state index contributed by atoms with van der Waals surface area (Å²) < 4.78 is 7.92. The van der Waals surface area contributed by atoms with E-state index in [9.17, 15) is 0 Å². The van der Waals surface area contributed by atoms with E-state index in [1.807, 2.05) is 0 Å². The van der Waals surface area contributed by atoms with E-state index in [-0.39, 0.29) is 5.41 Å². The fourth-order valence-electron chi connectivity index (χ4n) is 10.5. The van der Waals surface area contributed by atoms with E-state index in [4.69, 9.17) is 9.97 Å². The molecule has 278 valence electrons. The third kappa shape index (κ3) is 4.83. The Morgan fingerprint density at radius 1 is 0.441 bits per heavy atom. The number of nitrogens with zero attached hydrogens (tertiary/aromatic N) is 3. The maximum absolute atomic E-state index is 5.68. The Morgan fingerprint density at radius 2 is 1.05 bits per heavy atom. The minimum atomic E-state index is -3.74. The van der Waals surface area contributed by atoms with Crippen LogP contribution in [0.4, 0.5) is 0 Å². The standard InChI is InChI=1S/C55H39GeN3/c1-55(2)46-30-15-12-27-41(46)44-34-45-42-28-14-17-32-49(42)59(50(45)35-47(44)55)40-26-18-21-37(33-40)52-51-53(58-54(57-52)36-19-6-3-7-20-36)43-29-13-16-31-48(43)56(51,38-22-8-4-9-23-38)39-24-10-5-11-25-39/h3-35H,1-2H3. The van der Waals surface area contributed by atoms with Gasteiger partial charge in [-0.3, -0.25) is 0 Å². The normalized spacial score (nSPS) is 14.2. The van der Waals surface area contributed by atoms with E-state index in [1.54, 1.807) is 0 Å². The Labute approximate surface area is 346 Å². The third-order valence-electron chi connectivity index (χ3n) is 13.1. The average Bonchev–Trinajstić information content (AvgIpc) is 3.87. The average molecular weight is 815 g/mol. The summed E-state index contributed by atoms with van der Waals surface area (Å²) in [5, 5.41) is 2.52. The Morgan fingerprint density at radius 3 is 1.81 bits per heavy atom. The summed E-state index contributed by atoms with van der Waals surface area (Å²) in [5.41, 5.74) is 14.2. The number of rotatable bonds is 5. The van der Waals surface area contributed by atoms with Gasteiger partial charge in [0.15, 0.2) is 0 Å². The summed E-state index contributed by atoms with van der Waals surface area (Å²) in [6.45, 7) is 4.73. The summed E-state index contributed by atoms with van der Waals surface area (Å²) >= 11 is -3.74. The molecule has 2 aliphatic rings. The molecule has 0 bridgehead atoms. The van der Waals surface area contributed by atoms with E-state index in [0.717, 1.165) is 34.0 Å². The summed E-state index contributed by atoms with van der Waals surface area (Å²) in [4.78, 5) is 11.2. The molecule has 3 heterocycles. The quantitative estimate of drug-likeness (QED) is 0.162. The molecule has 10 aromatic rings. The molecule has 0 amide bonds. The van der Waals surface area contributed by atoms with Crippen molar-refractivity contribution in [2.75, 3.05) is 0 Å². The second-order valence-corrected chi connectivity index (χ2v) is 24.3. The molecule has 0 fully saturated rings. The summed E-state index contributed by atoms with van der Waals surface area (Å²) in [7, 11) is 0. The maximum atomic E-state index is 5.68. The molecule has 1 aliphatic carbocycles. The zero-order valence-electron chi connectivity index (χ0n) is 32.9. The van der Waals surface area contributed by atoms with Crippen molar-refractivity contribution in [3.63, 3.8) is 0 Å². The first-order valence-electron chi connectivity index (χ1n) is 20.5. The number of fused-ring (bicyclic) bond motifs is 9. The van der Waals surface area contributed by atoms with Gasteiger partial charge in [-0.05, 0) is 0 Å². The molecule has 1 aliphatic heterocycles.